The summed E-state index contributed by atoms with van der Waals surface area (Å²) < 4.78 is 10.4. The summed E-state index contributed by atoms with van der Waals surface area (Å²) in [5.41, 5.74) is 3.79. The lowest BCUT2D eigenvalue weighted by Crippen LogP contribution is -2.35. The molecule has 0 bridgehead atoms. The molecule has 0 aliphatic carbocycles. The van der Waals surface area contributed by atoms with Crippen molar-refractivity contribution in [2.75, 3.05) is 13.7 Å². The quantitative estimate of drug-likeness (QED) is 0.522. The maximum Gasteiger partial charge on any atom is 0.348 e. The monoisotopic (exact) mass is 389 g/mol. The van der Waals surface area contributed by atoms with Crippen LogP contribution in [0.25, 0.3) is 0 Å². The smallest absolute Gasteiger partial charge is 0.348 e. The maximum absolute atomic E-state index is 12.9. The van der Waals surface area contributed by atoms with Crippen LogP contribution in [0.5, 0.6) is 0 Å². The summed E-state index contributed by atoms with van der Waals surface area (Å²) >= 11 is 1.03. The number of hydrogen-bond acceptors (Lipinski definition) is 6. The van der Waals surface area contributed by atoms with Gasteiger partial charge in [0.25, 0.3) is 0 Å². The van der Waals surface area contributed by atoms with Gasteiger partial charge in [0, 0.05) is 28.8 Å². The average Bonchev–Trinajstić information content (AvgIpc) is 2.64. The molecular weight excluding hydrogens is 362 g/mol. The van der Waals surface area contributed by atoms with E-state index in [1.54, 1.807) is 0 Å². The molecule has 1 aromatic carbocycles. The predicted molar refractivity (Wildman–Crippen MR) is 107 cm³/mol. The summed E-state index contributed by atoms with van der Waals surface area (Å²) in [5.74, 6) is -1.23. The van der Waals surface area contributed by atoms with Crippen molar-refractivity contribution in [3.8, 4) is 0 Å². The van der Waals surface area contributed by atoms with Crippen LogP contribution in [0.2, 0.25) is 0 Å². The number of carbonyl (C=O) groups is 2. The maximum atomic E-state index is 12.9. The molecule has 6 heteroatoms. The normalized spacial score (nSPS) is 17.3. The van der Waals surface area contributed by atoms with E-state index in [0.717, 1.165) is 40.3 Å². The van der Waals surface area contributed by atoms with Gasteiger partial charge in [0.15, 0.2) is 0 Å². The average molecular weight is 390 g/mol. The van der Waals surface area contributed by atoms with E-state index in [-0.39, 0.29) is 0 Å². The first kappa shape index (κ1) is 21.1. The van der Waals surface area contributed by atoms with Crippen LogP contribution in [-0.2, 0) is 18.5 Å². The molecule has 1 aromatic rings. The van der Waals surface area contributed by atoms with E-state index in [1.165, 1.54) is 7.11 Å². The van der Waals surface area contributed by atoms with Crippen molar-refractivity contribution in [1.82, 2.24) is 4.90 Å². The SMILES string of the molecule is CCCN1C(C)=C(C(=O)OC)C(C)C(C(=O)OSc2ccc(C)cc2)=C1C. The van der Waals surface area contributed by atoms with Crippen LogP contribution in [0.4, 0.5) is 0 Å². The van der Waals surface area contributed by atoms with Crippen LogP contribution >= 0.6 is 12.0 Å². The zero-order valence-electron chi connectivity index (χ0n) is 16.8. The van der Waals surface area contributed by atoms with Gasteiger partial charge in [0.1, 0.15) is 0 Å². The molecule has 0 radical (unpaired) electrons. The standard InChI is InChI=1S/C21H27NO4S/c1-7-12-22-15(4)18(20(23)25-6)14(3)19(16(22)5)21(24)26-27-17-10-8-13(2)9-11-17/h8-11,14H,7,12H2,1-6H3. The molecule has 0 aromatic heterocycles. The Morgan fingerprint density at radius 2 is 1.59 bits per heavy atom. The second kappa shape index (κ2) is 9.13. The minimum absolute atomic E-state index is 0.392. The lowest BCUT2D eigenvalue weighted by molar-refractivity contribution is -0.136. The first-order valence-corrected chi connectivity index (χ1v) is 9.78. The molecule has 1 heterocycles. The third kappa shape index (κ3) is 4.56. The highest BCUT2D eigenvalue weighted by Gasteiger charge is 2.36. The third-order valence-corrected chi connectivity index (χ3v) is 5.46. The topological polar surface area (TPSA) is 55.8 Å². The number of allylic oxidation sites excluding steroid dienone is 2. The summed E-state index contributed by atoms with van der Waals surface area (Å²) in [5, 5.41) is 0. The van der Waals surface area contributed by atoms with Gasteiger partial charge in [-0.3, -0.25) is 0 Å². The van der Waals surface area contributed by atoms with Gasteiger partial charge in [0.2, 0.25) is 0 Å². The summed E-state index contributed by atoms with van der Waals surface area (Å²) in [6.45, 7) is 10.4. The Morgan fingerprint density at radius 3 is 2.11 bits per heavy atom. The Bertz CT molecular complexity index is 780. The largest absolute Gasteiger partial charge is 0.466 e. The Labute approximate surface area is 165 Å². The van der Waals surface area contributed by atoms with Crippen LogP contribution < -0.4 is 0 Å². The number of ether oxygens (including phenoxy) is 1. The van der Waals surface area contributed by atoms with Crippen LogP contribution in [0.3, 0.4) is 0 Å². The van der Waals surface area contributed by atoms with E-state index in [9.17, 15) is 9.59 Å². The second-order valence-electron chi connectivity index (χ2n) is 6.63. The Morgan fingerprint density at radius 1 is 1.04 bits per heavy atom. The Balaban J connectivity index is 2.29. The molecule has 1 atom stereocenters. The second-order valence-corrected chi connectivity index (χ2v) is 7.43. The zero-order valence-corrected chi connectivity index (χ0v) is 17.6. The minimum atomic E-state index is -0.430. The first-order chi connectivity index (χ1) is 12.8. The number of esters is 1. The fourth-order valence-electron chi connectivity index (χ4n) is 3.36. The number of benzene rings is 1. The molecule has 0 fully saturated rings. The highest BCUT2D eigenvalue weighted by molar-refractivity contribution is 7.95. The third-order valence-electron chi connectivity index (χ3n) is 4.76. The van der Waals surface area contributed by atoms with Crippen molar-refractivity contribution in [2.24, 2.45) is 5.92 Å². The van der Waals surface area contributed by atoms with Crippen molar-refractivity contribution in [1.29, 1.82) is 0 Å². The number of hydrogen-bond donors (Lipinski definition) is 0. The molecule has 27 heavy (non-hydrogen) atoms. The molecular formula is C21H27NO4S. The van der Waals surface area contributed by atoms with E-state index in [0.29, 0.717) is 17.7 Å². The van der Waals surface area contributed by atoms with Gasteiger partial charge in [-0.1, -0.05) is 31.5 Å². The first-order valence-electron chi connectivity index (χ1n) is 9.04. The van der Waals surface area contributed by atoms with Gasteiger partial charge in [-0.25, -0.2) is 9.59 Å². The van der Waals surface area contributed by atoms with Crippen LogP contribution in [0.15, 0.2) is 51.7 Å². The molecule has 0 spiro atoms. The van der Waals surface area contributed by atoms with E-state index < -0.39 is 17.9 Å². The zero-order chi connectivity index (χ0) is 20.1. The van der Waals surface area contributed by atoms with Crippen molar-refractivity contribution in [2.45, 2.75) is 45.9 Å². The fourth-order valence-corrected chi connectivity index (χ4v) is 3.86. The minimum Gasteiger partial charge on any atom is -0.466 e. The van der Waals surface area contributed by atoms with Crippen molar-refractivity contribution >= 4 is 24.0 Å². The fraction of sp³-hybridized carbons (Fsp3) is 0.429. The van der Waals surface area contributed by atoms with E-state index in [1.807, 2.05) is 56.9 Å². The molecule has 1 unspecified atom stereocenters. The van der Waals surface area contributed by atoms with Crippen LogP contribution in [-0.4, -0.2) is 30.5 Å². The molecule has 0 N–H and O–H groups in total. The van der Waals surface area contributed by atoms with Crippen molar-refractivity contribution in [3.05, 3.63) is 52.4 Å². The van der Waals surface area contributed by atoms with E-state index in [4.69, 9.17) is 8.92 Å². The number of nitrogens with zero attached hydrogens (tertiary/aromatic N) is 1. The highest BCUT2D eigenvalue weighted by Crippen LogP contribution is 2.37. The van der Waals surface area contributed by atoms with Gasteiger partial charge in [-0.2, -0.15) is 0 Å². The molecule has 2 rings (SSSR count). The van der Waals surface area contributed by atoms with E-state index in [2.05, 4.69) is 6.92 Å². The van der Waals surface area contributed by atoms with Crippen molar-refractivity contribution in [3.63, 3.8) is 0 Å². The van der Waals surface area contributed by atoms with Gasteiger partial charge in [-0.05, 0) is 39.3 Å². The van der Waals surface area contributed by atoms with E-state index >= 15 is 0 Å². The molecule has 1 aliphatic rings. The lowest BCUT2D eigenvalue weighted by atomic mass is 9.86. The number of carbonyl (C=O) groups excluding carboxylic acids is 2. The van der Waals surface area contributed by atoms with Gasteiger partial charge in [0.05, 0.1) is 30.3 Å². The molecule has 0 saturated carbocycles. The Kier molecular flexibility index (Phi) is 7.13. The van der Waals surface area contributed by atoms with Crippen molar-refractivity contribution < 1.29 is 18.5 Å². The van der Waals surface area contributed by atoms with Gasteiger partial charge >= 0.3 is 11.9 Å². The highest BCUT2D eigenvalue weighted by atomic mass is 32.2. The molecule has 5 nitrogen and oxygen atoms in total. The molecule has 1 aliphatic heterocycles. The van der Waals surface area contributed by atoms with Crippen LogP contribution in [0.1, 0.15) is 39.7 Å². The summed E-state index contributed by atoms with van der Waals surface area (Å²) in [6, 6.07) is 7.75. The van der Waals surface area contributed by atoms with Gasteiger partial charge < -0.3 is 13.8 Å². The molecule has 0 saturated heterocycles. The number of rotatable bonds is 6. The van der Waals surface area contributed by atoms with Gasteiger partial charge in [-0.15, -0.1) is 0 Å². The Hall–Kier alpha value is -2.21. The lowest BCUT2D eigenvalue weighted by Gasteiger charge is -2.36. The number of aryl methyl sites for hydroxylation is 1. The summed E-state index contributed by atoms with van der Waals surface area (Å²) in [6.07, 6.45) is 0.887. The summed E-state index contributed by atoms with van der Waals surface area (Å²) in [4.78, 5) is 28.1. The summed E-state index contributed by atoms with van der Waals surface area (Å²) in [7, 11) is 1.36. The predicted octanol–water partition coefficient (Wildman–Crippen LogP) is 4.63. The number of methoxy groups -OCH3 is 1. The molecule has 146 valence electrons. The van der Waals surface area contributed by atoms with Crippen LogP contribution in [0, 0.1) is 12.8 Å². The molecule has 0 amide bonds.